The Balaban J connectivity index is 3.39. The molecule has 4 nitrogen and oxygen atoms in total. The lowest BCUT2D eigenvalue weighted by atomic mass is 10.0. The Labute approximate surface area is 119 Å². The largest absolute Gasteiger partial charge is 0.496 e. The summed E-state index contributed by atoms with van der Waals surface area (Å²) in [5.74, 6) is 0.334. The number of methoxy groups -OCH3 is 3. The van der Waals surface area contributed by atoms with Crippen molar-refractivity contribution >= 4 is 11.7 Å². The molecule has 0 aliphatic carbocycles. The van der Waals surface area contributed by atoms with Crippen molar-refractivity contribution in [2.45, 2.75) is 13.5 Å². The van der Waals surface area contributed by atoms with Gasteiger partial charge in [0.15, 0.2) is 0 Å². The van der Waals surface area contributed by atoms with Gasteiger partial charge in [-0.1, -0.05) is 18.7 Å². The first-order valence-electron chi connectivity index (χ1n) is 6.16. The van der Waals surface area contributed by atoms with Crippen molar-refractivity contribution in [3.8, 4) is 0 Å². The molecule has 0 aliphatic rings. The summed E-state index contributed by atoms with van der Waals surface area (Å²) in [4.78, 5) is 11.6. The van der Waals surface area contributed by atoms with E-state index in [1.54, 1.807) is 32.4 Å². The highest BCUT2D eigenvalue weighted by Crippen LogP contribution is 2.25. The molecule has 0 heterocycles. The number of esters is 1. The fraction of sp³-hybridized carbons (Fsp3) is 0.312. The molecule has 0 saturated heterocycles. The van der Waals surface area contributed by atoms with E-state index in [-0.39, 0.29) is 5.97 Å². The van der Waals surface area contributed by atoms with Crippen LogP contribution in [0.1, 0.15) is 28.4 Å². The molecular formula is C16H20O4. The predicted octanol–water partition coefficient (Wildman–Crippen LogP) is 3.18. The van der Waals surface area contributed by atoms with Gasteiger partial charge in [0.1, 0.15) is 5.76 Å². The average molecular weight is 276 g/mol. The van der Waals surface area contributed by atoms with Crippen molar-refractivity contribution in [3.63, 3.8) is 0 Å². The van der Waals surface area contributed by atoms with Gasteiger partial charge in [0.2, 0.25) is 0 Å². The van der Waals surface area contributed by atoms with Crippen LogP contribution in [0.25, 0.3) is 5.76 Å². The van der Waals surface area contributed by atoms with Gasteiger partial charge in [-0.25, -0.2) is 4.79 Å². The van der Waals surface area contributed by atoms with E-state index < -0.39 is 0 Å². The number of hydrogen-bond acceptors (Lipinski definition) is 4. The first-order valence-corrected chi connectivity index (χ1v) is 6.16. The Morgan fingerprint density at radius 3 is 2.45 bits per heavy atom. The van der Waals surface area contributed by atoms with Crippen LogP contribution in [0, 0.1) is 0 Å². The highest BCUT2D eigenvalue weighted by atomic mass is 16.5. The predicted molar refractivity (Wildman–Crippen MR) is 78.3 cm³/mol. The molecule has 1 aromatic rings. The lowest BCUT2D eigenvalue weighted by Crippen LogP contribution is -2.05. The van der Waals surface area contributed by atoms with E-state index >= 15 is 0 Å². The van der Waals surface area contributed by atoms with Crippen LogP contribution in [0.2, 0.25) is 0 Å². The first kappa shape index (κ1) is 16.0. The minimum absolute atomic E-state index is 0.372. The number of carbonyl (C=O) groups is 1. The molecule has 0 N–H and O–H groups in total. The average Bonchev–Trinajstić information content (AvgIpc) is 2.48. The van der Waals surface area contributed by atoms with Gasteiger partial charge in [-0.05, 0) is 30.2 Å². The van der Waals surface area contributed by atoms with Crippen molar-refractivity contribution < 1.29 is 19.0 Å². The molecule has 1 rings (SSSR count). The standard InChI is InChI=1S/C16H20O4/c1-6-11(2)15(19-4)14-8-7-12(16(17)20-5)9-13(14)10-18-3/h6-9H,1,10H2,2-5H3/b15-11+. The molecule has 0 bridgehead atoms. The summed E-state index contributed by atoms with van der Waals surface area (Å²) in [7, 11) is 4.56. The third-order valence-corrected chi connectivity index (χ3v) is 2.94. The normalized spacial score (nSPS) is 11.6. The van der Waals surface area contributed by atoms with Crippen LogP contribution in [0.3, 0.4) is 0 Å². The van der Waals surface area contributed by atoms with E-state index in [1.165, 1.54) is 7.11 Å². The molecule has 108 valence electrons. The fourth-order valence-electron chi connectivity index (χ4n) is 1.91. The zero-order valence-corrected chi connectivity index (χ0v) is 12.4. The van der Waals surface area contributed by atoms with Gasteiger partial charge in [-0.3, -0.25) is 0 Å². The van der Waals surface area contributed by atoms with Crippen LogP contribution in [0.5, 0.6) is 0 Å². The highest BCUT2D eigenvalue weighted by Gasteiger charge is 2.14. The third kappa shape index (κ3) is 3.48. The van der Waals surface area contributed by atoms with Crippen molar-refractivity contribution in [1.29, 1.82) is 0 Å². The van der Waals surface area contributed by atoms with Gasteiger partial charge in [0.25, 0.3) is 0 Å². The first-order chi connectivity index (χ1) is 9.58. The van der Waals surface area contributed by atoms with Gasteiger partial charge in [0, 0.05) is 12.7 Å². The van der Waals surface area contributed by atoms with Gasteiger partial charge in [-0.15, -0.1) is 0 Å². The minimum atomic E-state index is -0.378. The van der Waals surface area contributed by atoms with Crippen molar-refractivity contribution in [2.75, 3.05) is 21.3 Å². The second-order valence-corrected chi connectivity index (χ2v) is 4.22. The molecule has 4 heteroatoms. The molecule has 0 saturated carbocycles. The second-order valence-electron chi connectivity index (χ2n) is 4.22. The second kappa shape index (κ2) is 7.50. The van der Waals surface area contributed by atoms with Gasteiger partial charge >= 0.3 is 5.97 Å². The van der Waals surface area contributed by atoms with Crippen molar-refractivity contribution in [2.24, 2.45) is 0 Å². The molecule has 0 fully saturated rings. The molecule has 0 spiro atoms. The molecule has 0 aliphatic heterocycles. The Morgan fingerprint density at radius 2 is 1.95 bits per heavy atom. The molecule has 1 aromatic carbocycles. The highest BCUT2D eigenvalue weighted by molar-refractivity contribution is 5.90. The van der Waals surface area contributed by atoms with E-state index in [0.717, 1.165) is 16.7 Å². The van der Waals surface area contributed by atoms with E-state index in [1.807, 2.05) is 13.0 Å². The summed E-state index contributed by atoms with van der Waals surface area (Å²) >= 11 is 0. The minimum Gasteiger partial charge on any atom is -0.496 e. The number of carbonyl (C=O) groups excluding carboxylic acids is 1. The molecule has 0 unspecified atom stereocenters. The number of rotatable bonds is 6. The Bertz CT molecular complexity index is 529. The number of hydrogen-bond donors (Lipinski definition) is 0. The Kier molecular flexibility index (Phi) is 6.00. The number of ether oxygens (including phenoxy) is 3. The number of allylic oxidation sites excluding steroid dienone is 2. The Hall–Kier alpha value is -2.07. The molecule has 0 radical (unpaired) electrons. The third-order valence-electron chi connectivity index (χ3n) is 2.94. The van der Waals surface area contributed by atoms with Crippen molar-refractivity contribution in [3.05, 3.63) is 53.1 Å². The van der Waals surface area contributed by atoms with E-state index in [4.69, 9.17) is 14.2 Å². The summed E-state index contributed by atoms with van der Waals surface area (Å²) in [6.07, 6.45) is 1.73. The topological polar surface area (TPSA) is 44.8 Å². The van der Waals surface area contributed by atoms with E-state index in [2.05, 4.69) is 6.58 Å². The van der Waals surface area contributed by atoms with Crippen LogP contribution in [-0.2, 0) is 20.8 Å². The van der Waals surface area contributed by atoms with Crippen LogP contribution < -0.4 is 0 Å². The summed E-state index contributed by atoms with van der Waals surface area (Å²) in [5, 5.41) is 0. The summed E-state index contributed by atoms with van der Waals surface area (Å²) in [5.41, 5.74) is 3.12. The van der Waals surface area contributed by atoms with Gasteiger partial charge < -0.3 is 14.2 Å². The lowest BCUT2D eigenvalue weighted by Gasteiger charge is -2.14. The monoisotopic (exact) mass is 276 g/mol. The smallest absolute Gasteiger partial charge is 0.337 e. The molecule has 0 atom stereocenters. The summed E-state index contributed by atoms with van der Waals surface area (Å²) < 4.78 is 15.4. The zero-order valence-electron chi connectivity index (χ0n) is 12.4. The maximum atomic E-state index is 11.6. The SMILES string of the molecule is C=C/C(C)=C(/OC)c1ccc(C(=O)OC)cc1COC. The fourth-order valence-corrected chi connectivity index (χ4v) is 1.91. The maximum absolute atomic E-state index is 11.6. The van der Waals surface area contributed by atoms with Crippen LogP contribution in [0.4, 0.5) is 0 Å². The van der Waals surface area contributed by atoms with Crippen LogP contribution >= 0.6 is 0 Å². The summed E-state index contributed by atoms with van der Waals surface area (Å²) in [6, 6.07) is 5.28. The van der Waals surface area contributed by atoms with E-state index in [9.17, 15) is 4.79 Å². The van der Waals surface area contributed by atoms with Gasteiger partial charge in [0.05, 0.1) is 26.4 Å². The number of benzene rings is 1. The quantitative estimate of drug-likeness (QED) is 0.455. The van der Waals surface area contributed by atoms with Crippen LogP contribution in [-0.4, -0.2) is 27.3 Å². The summed E-state index contributed by atoms with van der Waals surface area (Å²) in [6.45, 7) is 6.03. The van der Waals surface area contributed by atoms with E-state index in [0.29, 0.717) is 17.9 Å². The molecular weight excluding hydrogens is 256 g/mol. The molecule has 0 amide bonds. The molecule has 0 aromatic heterocycles. The zero-order chi connectivity index (χ0) is 15.1. The Morgan fingerprint density at radius 1 is 1.25 bits per heavy atom. The van der Waals surface area contributed by atoms with Gasteiger partial charge in [-0.2, -0.15) is 0 Å². The van der Waals surface area contributed by atoms with Crippen molar-refractivity contribution in [1.82, 2.24) is 0 Å². The maximum Gasteiger partial charge on any atom is 0.337 e. The van der Waals surface area contributed by atoms with Crippen LogP contribution in [0.15, 0.2) is 36.4 Å². The molecule has 20 heavy (non-hydrogen) atoms. The lowest BCUT2D eigenvalue weighted by molar-refractivity contribution is 0.0600.